The Morgan fingerprint density at radius 1 is 1.23 bits per heavy atom. The van der Waals surface area contributed by atoms with Gasteiger partial charge in [0.1, 0.15) is 11.5 Å². The maximum Gasteiger partial charge on any atom is 0.328 e. The molecule has 1 fully saturated rings. The molecule has 2 aliphatic rings. The van der Waals surface area contributed by atoms with Crippen LogP contribution in [0.2, 0.25) is 0 Å². The number of fused-ring (bicyclic) bond motifs is 1. The molecule has 0 aromatic heterocycles. The van der Waals surface area contributed by atoms with Gasteiger partial charge in [0.25, 0.3) is 0 Å². The molecule has 0 radical (unpaired) electrons. The molecule has 168 valence electrons. The van der Waals surface area contributed by atoms with Crippen molar-refractivity contribution < 1.29 is 19.4 Å². The van der Waals surface area contributed by atoms with Crippen LogP contribution < -0.4 is 4.74 Å². The number of carbonyl (C=O) groups is 2. The van der Waals surface area contributed by atoms with Crippen molar-refractivity contribution in [3.8, 4) is 5.75 Å². The highest BCUT2D eigenvalue weighted by Crippen LogP contribution is 2.56. The number of Topliss-reactive ketones (excluding diaryl/α,β-unsaturated/α-hetero) is 1. The van der Waals surface area contributed by atoms with Gasteiger partial charge in [-0.05, 0) is 54.2 Å². The zero-order valence-electron chi connectivity index (χ0n) is 19.6. The van der Waals surface area contributed by atoms with Crippen LogP contribution in [-0.2, 0) is 26.8 Å². The van der Waals surface area contributed by atoms with Crippen LogP contribution in [0, 0.1) is 5.92 Å². The van der Waals surface area contributed by atoms with Gasteiger partial charge in [0.05, 0.1) is 6.61 Å². The minimum Gasteiger partial charge on any atom is -0.492 e. The molecule has 0 spiro atoms. The first-order valence-electron chi connectivity index (χ1n) is 11.5. The van der Waals surface area contributed by atoms with Crippen LogP contribution in [0.4, 0.5) is 0 Å². The van der Waals surface area contributed by atoms with E-state index in [1.165, 1.54) is 17.2 Å². The minimum absolute atomic E-state index is 0.0364. The normalized spacial score (nSPS) is 24.2. The second-order valence-electron chi connectivity index (χ2n) is 10.1. The first-order chi connectivity index (χ1) is 14.6. The van der Waals surface area contributed by atoms with Crippen LogP contribution >= 0.6 is 0 Å². The Balaban J connectivity index is 1.84. The summed E-state index contributed by atoms with van der Waals surface area (Å²) in [6, 6.07) is 4.56. The highest BCUT2D eigenvalue weighted by Gasteiger charge is 2.50. The number of benzene rings is 1. The molecule has 0 saturated heterocycles. The molecule has 1 aliphatic carbocycles. The Kier molecular flexibility index (Phi) is 6.78. The molecule has 1 N–H and O–H groups in total. The Bertz CT molecular complexity index is 921. The van der Waals surface area contributed by atoms with Crippen molar-refractivity contribution >= 4 is 11.8 Å². The Morgan fingerprint density at radius 3 is 2.65 bits per heavy atom. The number of carbonyl (C=O) groups excluding carboxylic acids is 1. The lowest BCUT2D eigenvalue weighted by Gasteiger charge is -2.20. The fourth-order valence-corrected chi connectivity index (χ4v) is 4.50. The van der Waals surface area contributed by atoms with E-state index >= 15 is 0 Å². The van der Waals surface area contributed by atoms with Crippen molar-refractivity contribution in [1.29, 1.82) is 0 Å². The maximum absolute atomic E-state index is 12.3. The molecule has 4 heteroatoms. The minimum atomic E-state index is -0.917. The molecule has 31 heavy (non-hydrogen) atoms. The van der Waals surface area contributed by atoms with Gasteiger partial charge in [-0.2, -0.15) is 0 Å². The van der Waals surface area contributed by atoms with Crippen molar-refractivity contribution in [2.75, 3.05) is 6.61 Å². The number of allylic oxidation sites excluding steroid dienone is 3. The predicted octanol–water partition coefficient (Wildman–Crippen LogP) is 5.91. The third kappa shape index (κ3) is 5.28. The Hall–Kier alpha value is -2.36. The first-order valence-corrected chi connectivity index (χ1v) is 11.5. The topological polar surface area (TPSA) is 63.6 Å². The zero-order chi connectivity index (χ0) is 22.8. The predicted molar refractivity (Wildman–Crippen MR) is 124 cm³/mol. The number of carboxylic acids is 1. The third-order valence-corrected chi connectivity index (χ3v) is 6.86. The summed E-state index contributed by atoms with van der Waals surface area (Å²) in [6.07, 6.45) is 10.3. The number of aliphatic carboxylic acids is 1. The number of aryl methyl sites for hydroxylation is 1. The fraction of sp³-hybridized carbons (Fsp3) is 0.556. The molecule has 1 aromatic carbocycles. The van der Waals surface area contributed by atoms with E-state index in [0.29, 0.717) is 31.1 Å². The molecule has 1 aliphatic heterocycles. The van der Waals surface area contributed by atoms with Crippen molar-refractivity contribution in [3.05, 3.63) is 52.6 Å². The van der Waals surface area contributed by atoms with Crippen LogP contribution in [0.25, 0.3) is 0 Å². The molecule has 1 aromatic rings. The van der Waals surface area contributed by atoms with E-state index in [0.717, 1.165) is 42.6 Å². The van der Waals surface area contributed by atoms with Crippen molar-refractivity contribution in [2.45, 2.75) is 84.0 Å². The first kappa shape index (κ1) is 23.3. The molecular weight excluding hydrogens is 388 g/mol. The smallest absolute Gasteiger partial charge is 0.328 e. The second-order valence-corrected chi connectivity index (χ2v) is 10.1. The van der Waals surface area contributed by atoms with Gasteiger partial charge in [0, 0.05) is 29.9 Å². The van der Waals surface area contributed by atoms with Crippen molar-refractivity contribution in [2.24, 2.45) is 5.92 Å². The van der Waals surface area contributed by atoms with Gasteiger partial charge in [0.15, 0.2) is 0 Å². The van der Waals surface area contributed by atoms with E-state index in [1.807, 2.05) is 13.0 Å². The van der Waals surface area contributed by atoms with Crippen LogP contribution in [0.15, 0.2) is 35.9 Å². The average molecular weight is 425 g/mol. The average Bonchev–Trinajstić information content (AvgIpc) is 3.27. The van der Waals surface area contributed by atoms with Crippen LogP contribution in [0.5, 0.6) is 5.75 Å². The SMILES string of the molecule is CCCCC(=O)CCc1cc(C2(C)CC2/C=C/C(C)=C/C(=O)O)cc2c1OCC2(C)C. The molecule has 2 unspecified atom stereocenters. The molecule has 4 nitrogen and oxygen atoms in total. The molecule has 1 heterocycles. The maximum atomic E-state index is 12.3. The number of unbranched alkanes of at least 4 members (excludes halogenated alkanes) is 1. The number of hydrogen-bond donors (Lipinski definition) is 1. The summed E-state index contributed by atoms with van der Waals surface area (Å²) < 4.78 is 6.10. The van der Waals surface area contributed by atoms with Gasteiger partial charge >= 0.3 is 5.97 Å². The second kappa shape index (κ2) is 9.02. The lowest BCUT2D eigenvalue weighted by atomic mass is 9.81. The zero-order valence-corrected chi connectivity index (χ0v) is 19.6. The number of ketones is 1. The number of ether oxygens (including phenoxy) is 1. The highest BCUT2D eigenvalue weighted by molar-refractivity contribution is 5.81. The number of carboxylic acid groups (broad SMARTS) is 1. The summed E-state index contributed by atoms with van der Waals surface area (Å²) in [5.41, 5.74) is 4.45. The quantitative estimate of drug-likeness (QED) is 0.374. The van der Waals surface area contributed by atoms with E-state index in [2.05, 4.69) is 45.9 Å². The summed E-state index contributed by atoms with van der Waals surface area (Å²) in [4.78, 5) is 23.1. The Morgan fingerprint density at radius 2 is 1.97 bits per heavy atom. The molecule has 2 atom stereocenters. The van der Waals surface area contributed by atoms with Gasteiger partial charge in [-0.3, -0.25) is 4.79 Å². The van der Waals surface area contributed by atoms with Crippen LogP contribution in [0.3, 0.4) is 0 Å². The van der Waals surface area contributed by atoms with Gasteiger partial charge in [-0.25, -0.2) is 4.79 Å². The van der Waals surface area contributed by atoms with Gasteiger partial charge < -0.3 is 9.84 Å². The van der Waals surface area contributed by atoms with E-state index < -0.39 is 5.97 Å². The lowest BCUT2D eigenvalue weighted by molar-refractivity contribution is -0.131. The summed E-state index contributed by atoms with van der Waals surface area (Å²) in [5, 5.41) is 8.91. The standard InChI is InChI=1S/C27H36O4/c1-6-7-8-22(28)12-10-19-14-21(15-23-25(19)31-17-26(23,3)4)27(5)16-20(27)11-9-18(2)13-24(29)30/h9,11,13-15,20H,6-8,10,12,16-17H2,1-5H3,(H,29,30)/b11-9+,18-13+. The number of rotatable bonds is 10. The summed E-state index contributed by atoms with van der Waals surface area (Å²) >= 11 is 0. The van der Waals surface area contributed by atoms with Crippen molar-refractivity contribution in [1.82, 2.24) is 0 Å². The molecule has 0 bridgehead atoms. The number of hydrogen-bond acceptors (Lipinski definition) is 3. The summed E-state index contributed by atoms with van der Waals surface area (Å²) in [6.45, 7) is 11.3. The molecule has 3 rings (SSSR count). The molecule has 1 saturated carbocycles. The van der Waals surface area contributed by atoms with E-state index in [-0.39, 0.29) is 10.8 Å². The molecule has 0 amide bonds. The van der Waals surface area contributed by atoms with Gasteiger partial charge in [-0.15, -0.1) is 0 Å². The molecular formula is C27H36O4. The van der Waals surface area contributed by atoms with E-state index in [1.54, 1.807) is 0 Å². The van der Waals surface area contributed by atoms with Gasteiger partial charge in [0.2, 0.25) is 0 Å². The summed E-state index contributed by atoms with van der Waals surface area (Å²) in [5.74, 6) is 0.776. The Labute approximate surface area is 186 Å². The van der Waals surface area contributed by atoms with Crippen LogP contribution in [0.1, 0.15) is 83.4 Å². The van der Waals surface area contributed by atoms with E-state index in [4.69, 9.17) is 9.84 Å². The summed E-state index contributed by atoms with van der Waals surface area (Å²) in [7, 11) is 0. The third-order valence-electron chi connectivity index (χ3n) is 6.86. The highest BCUT2D eigenvalue weighted by atomic mass is 16.5. The van der Waals surface area contributed by atoms with Crippen molar-refractivity contribution in [3.63, 3.8) is 0 Å². The van der Waals surface area contributed by atoms with Crippen LogP contribution in [-0.4, -0.2) is 23.5 Å². The van der Waals surface area contributed by atoms with E-state index in [9.17, 15) is 9.59 Å². The monoisotopic (exact) mass is 424 g/mol. The van der Waals surface area contributed by atoms with Gasteiger partial charge in [-0.1, -0.05) is 58.4 Å². The lowest BCUT2D eigenvalue weighted by Crippen LogP contribution is -2.19. The largest absolute Gasteiger partial charge is 0.492 e. The fourth-order valence-electron chi connectivity index (χ4n) is 4.50.